The lowest BCUT2D eigenvalue weighted by Gasteiger charge is -2.08. The molecule has 0 saturated heterocycles. The van der Waals surface area contributed by atoms with E-state index in [2.05, 4.69) is 15.4 Å². The quantitative estimate of drug-likeness (QED) is 0.644. The molecule has 0 unspecified atom stereocenters. The van der Waals surface area contributed by atoms with Crippen LogP contribution < -0.4 is 5.32 Å². The van der Waals surface area contributed by atoms with Crippen LogP contribution in [0.1, 0.15) is 28.9 Å². The first-order valence-corrected chi connectivity index (χ1v) is 10.9. The average molecular weight is 413 g/mol. The van der Waals surface area contributed by atoms with Crippen molar-refractivity contribution >= 4 is 15.7 Å². The Morgan fingerprint density at radius 1 is 1.07 bits per heavy atom. The number of aryl methyl sites for hydroxylation is 3. The first kappa shape index (κ1) is 20.7. The minimum absolute atomic E-state index is 0.0898. The molecule has 2 heterocycles. The summed E-state index contributed by atoms with van der Waals surface area (Å²) in [6.45, 7) is 6.06. The smallest absolute Gasteiger partial charge is 0.221 e. The molecule has 0 bridgehead atoms. The molecule has 3 rings (SSSR count). The number of carbonyl (C=O) groups excluding carboxylic acids is 1. The maximum Gasteiger partial charge on any atom is 0.221 e. The van der Waals surface area contributed by atoms with Crippen molar-refractivity contribution < 1.29 is 13.2 Å². The third-order valence-electron chi connectivity index (χ3n) is 4.50. The van der Waals surface area contributed by atoms with Gasteiger partial charge in [-0.1, -0.05) is 23.8 Å². The first-order valence-electron chi connectivity index (χ1n) is 9.29. The Kier molecular flexibility index (Phi) is 6.12. The van der Waals surface area contributed by atoms with Crippen LogP contribution in [-0.2, 0) is 21.2 Å². The fourth-order valence-corrected chi connectivity index (χ4v) is 4.13. The predicted molar refractivity (Wildman–Crippen MR) is 111 cm³/mol. The predicted octanol–water partition coefficient (Wildman–Crippen LogP) is 2.67. The monoisotopic (exact) mass is 412 g/mol. The number of carbonyl (C=O) groups is 1. The lowest BCUT2D eigenvalue weighted by atomic mass is 10.2. The Morgan fingerprint density at radius 2 is 1.79 bits per heavy atom. The topological polar surface area (TPSA) is 94.0 Å². The van der Waals surface area contributed by atoms with Crippen LogP contribution in [0.4, 0.5) is 0 Å². The second-order valence-electron chi connectivity index (χ2n) is 7.02. The summed E-state index contributed by atoms with van der Waals surface area (Å²) in [5, 5.41) is 7.13. The molecule has 2 aromatic heterocycles. The van der Waals surface area contributed by atoms with Crippen LogP contribution in [-0.4, -0.2) is 34.8 Å². The van der Waals surface area contributed by atoms with Gasteiger partial charge in [-0.15, -0.1) is 0 Å². The van der Waals surface area contributed by atoms with Crippen molar-refractivity contribution in [2.75, 3.05) is 5.75 Å². The summed E-state index contributed by atoms with van der Waals surface area (Å²) in [7, 11) is -3.48. The number of hydrogen-bond donors (Lipinski definition) is 1. The molecular formula is C21H24N4O3S. The Bertz CT molecular complexity index is 1100. The van der Waals surface area contributed by atoms with Gasteiger partial charge < -0.3 is 5.32 Å². The van der Waals surface area contributed by atoms with Crippen LogP contribution in [0.25, 0.3) is 5.82 Å². The third kappa shape index (κ3) is 5.29. The van der Waals surface area contributed by atoms with Crippen molar-refractivity contribution in [3.05, 3.63) is 71.2 Å². The minimum atomic E-state index is -3.48. The highest BCUT2D eigenvalue weighted by Gasteiger charge is 2.16. The normalized spacial score (nSPS) is 11.4. The van der Waals surface area contributed by atoms with Gasteiger partial charge in [0.15, 0.2) is 15.7 Å². The Hall–Kier alpha value is -3.00. The summed E-state index contributed by atoms with van der Waals surface area (Å²) in [5.74, 6) is 0.162. The molecule has 0 spiro atoms. The van der Waals surface area contributed by atoms with Crippen LogP contribution in [0.2, 0.25) is 0 Å². The maximum absolute atomic E-state index is 12.3. The molecule has 0 aliphatic heterocycles. The molecule has 0 aliphatic carbocycles. The zero-order valence-corrected chi connectivity index (χ0v) is 17.5. The SMILES string of the molecule is Cc1ccc(S(=O)(=O)CCC(=O)NCc2ccc(-n3nc(C)cc3C)nc2)cc1. The highest BCUT2D eigenvalue weighted by Crippen LogP contribution is 2.13. The first-order chi connectivity index (χ1) is 13.7. The number of amides is 1. The average Bonchev–Trinajstić information content (AvgIpc) is 3.03. The highest BCUT2D eigenvalue weighted by molar-refractivity contribution is 7.91. The molecule has 3 aromatic rings. The van der Waals surface area contributed by atoms with E-state index in [-0.39, 0.29) is 29.5 Å². The van der Waals surface area contributed by atoms with Gasteiger partial charge in [0.25, 0.3) is 0 Å². The molecule has 0 saturated carbocycles. The number of pyridine rings is 1. The van der Waals surface area contributed by atoms with Gasteiger partial charge in [-0.3, -0.25) is 4.79 Å². The summed E-state index contributed by atoms with van der Waals surface area (Å²) in [6.07, 6.45) is 1.59. The van der Waals surface area contributed by atoms with Gasteiger partial charge in [-0.25, -0.2) is 18.1 Å². The Labute approximate surface area is 170 Å². The van der Waals surface area contributed by atoms with Crippen molar-refractivity contribution in [3.8, 4) is 5.82 Å². The number of sulfone groups is 1. The minimum Gasteiger partial charge on any atom is -0.352 e. The highest BCUT2D eigenvalue weighted by atomic mass is 32.2. The fourth-order valence-electron chi connectivity index (χ4n) is 2.89. The largest absolute Gasteiger partial charge is 0.352 e. The number of hydrogen-bond acceptors (Lipinski definition) is 5. The summed E-state index contributed by atoms with van der Waals surface area (Å²) in [4.78, 5) is 16.7. The number of benzene rings is 1. The Morgan fingerprint density at radius 3 is 2.38 bits per heavy atom. The van der Waals surface area contributed by atoms with Crippen LogP contribution >= 0.6 is 0 Å². The zero-order chi connectivity index (χ0) is 21.0. The van der Waals surface area contributed by atoms with Crippen LogP contribution in [0.5, 0.6) is 0 Å². The number of aromatic nitrogens is 3. The fraction of sp³-hybridized carbons (Fsp3) is 0.286. The van der Waals surface area contributed by atoms with E-state index >= 15 is 0 Å². The van der Waals surface area contributed by atoms with Gasteiger partial charge in [0, 0.05) is 24.9 Å². The molecular weight excluding hydrogens is 388 g/mol. The van der Waals surface area contributed by atoms with E-state index in [0.29, 0.717) is 5.82 Å². The van der Waals surface area contributed by atoms with E-state index in [1.807, 2.05) is 39.0 Å². The zero-order valence-electron chi connectivity index (χ0n) is 16.7. The van der Waals surface area contributed by atoms with E-state index in [1.165, 1.54) is 0 Å². The molecule has 0 aliphatic rings. The molecule has 1 aromatic carbocycles. The lowest BCUT2D eigenvalue weighted by Crippen LogP contribution is -2.25. The molecule has 0 atom stereocenters. The second-order valence-corrected chi connectivity index (χ2v) is 9.13. The van der Waals surface area contributed by atoms with E-state index in [9.17, 15) is 13.2 Å². The van der Waals surface area contributed by atoms with E-state index in [1.54, 1.807) is 35.1 Å². The van der Waals surface area contributed by atoms with Gasteiger partial charge in [0.1, 0.15) is 0 Å². The summed E-state index contributed by atoms with van der Waals surface area (Å²) in [6, 6.07) is 12.3. The molecule has 0 radical (unpaired) electrons. The van der Waals surface area contributed by atoms with Crippen LogP contribution in [0.3, 0.4) is 0 Å². The van der Waals surface area contributed by atoms with E-state index in [4.69, 9.17) is 0 Å². The molecule has 29 heavy (non-hydrogen) atoms. The van der Waals surface area contributed by atoms with Gasteiger partial charge >= 0.3 is 0 Å². The molecule has 1 N–H and O–H groups in total. The molecule has 1 amide bonds. The van der Waals surface area contributed by atoms with Crippen molar-refractivity contribution in [2.24, 2.45) is 0 Å². The Balaban J connectivity index is 1.53. The molecule has 152 valence electrons. The summed E-state index contributed by atoms with van der Waals surface area (Å²) in [5.41, 5.74) is 3.72. The van der Waals surface area contributed by atoms with Gasteiger partial charge in [0.05, 0.1) is 16.3 Å². The number of nitrogens with zero attached hydrogens (tertiary/aromatic N) is 3. The second kappa shape index (κ2) is 8.57. The third-order valence-corrected chi connectivity index (χ3v) is 6.24. The van der Waals surface area contributed by atoms with Crippen molar-refractivity contribution in [2.45, 2.75) is 38.6 Å². The van der Waals surface area contributed by atoms with E-state index in [0.717, 1.165) is 22.5 Å². The van der Waals surface area contributed by atoms with Gasteiger partial charge in [0.2, 0.25) is 5.91 Å². The summed E-state index contributed by atoms with van der Waals surface area (Å²) < 4.78 is 26.4. The molecule has 0 fully saturated rings. The number of rotatable bonds is 7. The standard InChI is InChI=1S/C21H24N4O3S/c1-15-4-7-19(8-5-15)29(27,28)11-10-21(26)23-14-18-6-9-20(22-13-18)25-17(3)12-16(2)24-25/h4-9,12-13H,10-11,14H2,1-3H3,(H,23,26). The van der Waals surface area contributed by atoms with Gasteiger partial charge in [-0.2, -0.15) is 5.10 Å². The lowest BCUT2D eigenvalue weighted by molar-refractivity contribution is -0.120. The maximum atomic E-state index is 12.3. The van der Waals surface area contributed by atoms with Crippen LogP contribution in [0, 0.1) is 20.8 Å². The molecule has 7 nitrogen and oxygen atoms in total. The van der Waals surface area contributed by atoms with Crippen LogP contribution in [0.15, 0.2) is 53.6 Å². The van der Waals surface area contributed by atoms with Gasteiger partial charge in [-0.05, 0) is 50.6 Å². The van der Waals surface area contributed by atoms with Crippen molar-refractivity contribution in [3.63, 3.8) is 0 Å². The molecule has 8 heteroatoms. The van der Waals surface area contributed by atoms with Crippen molar-refractivity contribution in [1.29, 1.82) is 0 Å². The van der Waals surface area contributed by atoms with E-state index < -0.39 is 9.84 Å². The summed E-state index contributed by atoms with van der Waals surface area (Å²) >= 11 is 0. The number of nitrogens with one attached hydrogen (secondary N) is 1. The van der Waals surface area contributed by atoms with Crippen molar-refractivity contribution in [1.82, 2.24) is 20.1 Å².